The molecule has 0 amide bonds. The van der Waals surface area contributed by atoms with Crippen molar-refractivity contribution in [1.82, 2.24) is 9.97 Å². The second-order valence-electron chi connectivity index (χ2n) is 3.55. The van der Waals surface area contributed by atoms with Crippen LogP contribution in [0.5, 0.6) is 5.75 Å². The molecule has 2 rings (SSSR count). The van der Waals surface area contributed by atoms with E-state index in [2.05, 4.69) is 16.0 Å². The van der Waals surface area contributed by atoms with Gasteiger partial charge in [0.1, 0.15) is 11.6 Å². The Labute approximate surface area is 99.9 Å². The maximum atomic E-state index is 8.60. The number of hydrogen-bond donors (Lipinski definition) is 1. The number of aromatic amines is 1. The molecule has 0 unspecified atom stereocenters. The summed E-state index contributed by atoms with van der Waals surface area (Å²) in [6.45, 7) is 2.59. The van der Waals surface area contributed by atoms with Crippen molar-refractivity contribution in [2.24, 2.45) is 0 Å². The summed E-state index contributed by atoms with van der Waals surface area (Å²) in [5, 5.41) is 8.60. The van der Waals surface area contributed by atoms with Gasteiger partial charge >= 0.3 is 0 Å². The SMILES string of the molecule is CCOc1cccc(-c2ncc(CC#N)[nH]2)c1. The van der Waals surface area contributed by atoms with Crippen molar-refractivity contribution in [2.45, 2.75) is 13.3 Å². The van der Waals surface area contributed by atoms with Gasteiger partial charge in [-0.2, -0.15) is 5.26 Å². The van der Waals surface area contributed by atoms with Crippen molar-refractivity contribution in [1.29, 1.82) is 5.26 Å². The maximum Gasteiger partial charge on any atom is 0.137 e. The molecule has 1 aromatic heterocycles. The molecular formula is C13H13N3O. The molecule has 0 fully saturated rings. The Morgan fingerprint density at radius 1 is 1.47 bits per heavy atom. The average molecular weight is 227 g/mol. The molecule has 0 spiro atoms. The van der Waals surface area contributed by atoms with E-state index in [1.54, 1.807) is 6.20 Å². The lowest BCUT2D eigenvalue weighted by Crippen LogP contribution is -1.91. The van der Waals surface area contributed by atoms with E-state index in [1.807, 2.05) is 31.2 Å². The minimum Gasteiger partial charge on any atom is -0.494 e. The zero-order valence-electron chi connectivity index (χ0n) is 9.60. The number of hydrogen-bond acceptors (Lipinski definition) is 3. The van der Waals surface area contributed by atoms with Crippen LogP contribution in [0.4, 0.5) is 0 Å². The number of ether oxygens (including phenoxy) is 1. The first kappa shape index (κ1) is 11.2. The van der Waals surface area contributed by atoms with E-state index in [4.69, 9.17) is 10.00 Å². The molecule has 0 radical (unpaired) electrons. The van der Waals surface area contributed by atoms with E-state index in [1.165, 1.54) is 0 Å². The number of aromatic nitrogens is 2. The Balaban J connectivity index is 2.26. The Hall–Kier alpha value is -2.28. The number of H-pyrrole nitrogens is 1. The van der Waals surface area contributed by atoms with E-state index in [-0.39, 0.29) is 0 Å². The van der Waals surface area contributed by atoms with Crippen LogP contribution in [0.2, 0.25) is 0 Å². The third kappa shape index (κ3) is 2.64. The molecule has 0 aliphatic heterocycles. The lowest BCUT2D eigenvalue weighted by molar-refractivity contribution is 0.340. The predicted octanol–water partition coefficient (Wildman–Crippen LogP) is 2.54. The van der Waals surface area contributed by atoms with Crippen LogP contribution in [-0.4, -0.2) is 16.6 Å². The molecule has 1 aromatic carbocycles. The second-order valence-corrected chi connectivity index (χ2v) is 3.55. The van der Waals surface area contributed by atoms with Gasteiger partial charge in [0.05, 0.1) is 19.1 Å². The van der Waals surface area contributed by atoms with Gasteiger partial charge in [-0.1, -0.05) is 12.1 Å². The van der Waals surface area contributed by atoms with Gasteiger partial charge in [0, 0.05) is 17.5 Å². The van der Waals surface area contributed by atoms with Crippen LogP contribution < -0.4 is 4.74 Å². The van der Waals surface area contributed by atoms with Crippen LogP contribution in [0.25, 0.3) is 11.4 Å². The monoisotopic (exact) mass is 227 g/mol. The highest BCUT2D eigenvalue weighted by molar-refractivity contribution is 5.57. The first-order valence-electron chi connectivity index (χ1n) is 5.47. The zero-order valence-corrected chi connectivity index (χ0v) is 9.60. The summed E-state index contributed by atoms with van der Waals surface area (Å²) in [5.74, 6) is 1.58. The van der Waals surface area contributed by atoms with Gasteiger partial charge in [0.15, 0.2) is 0 Å². The lowest BCUT2D eigenvalue weighted by atomic mass is 10.2. The predicted molar refractivity (Wildman–Crippen MR) is 64.5 cm³/mol. The second kappa shape index (κ2) is 5.17. The standard InChI is InChI=1S/C13H13N3O/c1-2-17-12-5-3-4-10(8-12)13-15-9-11(16-13)6-7-14/h3-5,8-9H,2,6H2,1H3,(H,15,16). The molecule has 0 saturated heterocycles. The van der Waals surface area contributed by atoms with Crippen molar-refractivity contribution < 1.29 is 4.74 Å². The average Bonchev–Trinajstić information content (AvgIpc) is 2.79. The Morgan fingerprint density at radius 3 is 3.12 bits per heavy atom. The Morgan fingerprint density at radius 2 is 2.35 bits per heavy atom. The summed E-state index contributed by atoms with van der Waals surface area (Å²) in [5.41, 5.74) is 1.78. The topological polar surface area (TPSA) is 61.7 Å². The van der Waals surface area contributed by atoms with Gasteiger partial charge in [0.25, 0.3) is 0 Å². The molecule has 0 aliphatic carbocycles. The lowest BCUT2D eigenvalue weighted by Gasteiger charge is -2.04. The van der Waals surface area contributed by atoms with Crippen LogP contribution >= 0.6 is 0 Å². The van der Waals surface area contributed by atoms with Crippen LogP contribution in [-0.2, 0) is 6.42 Å². The van der Waals surface area contributed by atoms with Crippen molar-refractivity contribution in [2.75, 3.05) is 6.61 Å². The molecule has 1 heterocycles. The fourth-order valence-electron chi connectivity index (χ4n) is 1.58. The van der Waals surface area contributed by atoms with E-state index in [0.29, 0.717) is 13.0 Å². The Bertz CT molecular complexity index is 540. The normalized spacial score (nSPS) is 9.88. The minimum atomic E-state index is 0.345. The van der Waals surface area contributed by atoms with Crippen molar-refractivity contribution in [3.8, 4) is 23.2 Å². The largest absolute Gasteiger partial charge is 0.494 e. The fraction of sp³-hybridized carbons (Fsp3) is 0.231. The van der Waals surface area contributed by atoms with Crippen molar-refractivity contribution in [3.63, 3.8) is 0 Å². The van der Waals surface area contributed by atoms with Crippen LogP contribution in [0.15, 0.2) is 30.5 Å². The van der Waals surface area contributed by atoms with Gasteiger partial charge < -0.3 is 9.72 Å². The number of rotatable bonds is 4. The highest BCUT2D eigenvalue weighted by Gasteiger charge is 2.04. The summed E-state index contributed by atoms with van der Waals surface area (Å²) in [6.07, 6.45) is 2.03. The maximum absolute atomic E-state index is 8.60. The highest BCUT2D eigenvalue weighted by atomic mass is 16.5. The molecule has 2 aromatic rings. The zero-order chi connectivity index (χ0) is 12.1. The minimum absolute atomic E-state index is 0.345. The molecule has 0 bridgehead atoms. The van der Waals surface area contributed by atoms with E-state index in [9.17, 15) is 0 Å². The first-order valence-corrected chi connectivity index (χ1v) is 5.47. The summed E-state index contributed by atoms with van der Waals surface area (Å²) in [4.78, 5) is 7.35. The Kier molecular flexibility index (Phi) is 3.41. The van der Waals surface area contributed by atoms with Gasteiger partial charge in [-0.15, -0.1) is 0 Å². The van der Waals surface area contributed by atoms with E-state index < -0.39 is 0 Å². The number of nitrogens with one attached hydrogen (secondary N) is 1. The highest BCUT2D eigenvalue weighted by Crippen LogP contribution is 2.21. The summed E-state index contributed by atoms with van der Waals surface area (Å²) < 4.78 is 5.43. The molecule has 0 aliphatic rings. The van der Waals surface area contributed by atoms with Crippen LogP contribution in [0, 0.1) is 11.3 Å². The van der Waals surface area contributed by atoms with Gasteiger partial charge in [-0.3, -0.25) is 0 Å². The van der Waals surface area contributed by atoms with Crippen molar-refractivity contribution in [3.05, 3.63) is 36.2 Å². The van der Waals surface area contributed by atoms with E-state index in [0.717, 1.165) is 22.8 Å². The molecule has 0 atom stereocenters. The molecule has 1 N–H and O–H groups in total. The molecule has 86 valence electrons. The van der Waals surface area contributed by atoms with Gasteiger partial charge in [0.2, 0.25) is 0 Å². The number of nitriles is 1. The molecular weight excluding hydrogens is 214 g/mol. The fourth-order valence-corrected chi connectivity index (χ4v) is 1.58. The van der Waals surface area contributed by atoms with Crippen LogP contribution in [0.1, 0.15) is 12.6 Å². The third-order valence-corrected chi connectivity index (χ3v) is 2.32. The quantitative estimate of drug-likeness (QED) is 0.873. The van der Waals surface area contributed by atoms with E-state index >= 15 is 0 Å². The van der Waals surface area contributed by atoms with Gasteiger partial charge in [-0.05, 0) is 19.1 Å². The smallest absolute Gasteiger partial charge is 0.137 e. The van der Waals surface area contributed by atoms with Gasteiger partial charge in [-0.25, -0.2) is 4.98 Å². The third-order valence-electron chi connectivity index (χ3n) is 2.32. The number of benzene rings is 1. The summed E-state index contributed by atoms with van der Waals surface area (Å²) in [6, 6.07) is 9.80. The molecule has 17 heavy (non-hydrogen) atoms. The molecule has 4 heteroatoms. The summed E-state index contributed by atoms with van der Waals surface area (Å²) >= 11 is 0. The molecule has 4 nitrogen and oxygen atoms in total. The van der Waals surface area contributed by atoms with Crippen LogP contribution in [0.3, 0.4) is 0 Å². The number of imidazole rings is 1. The summed E-state index contributed by atoms with van der Waals surface area (Å²) in [7, 11) is 0. The first-order chi connectivity index (χ1) is 8.33. The molecule has 0 saturated carbocycles. The van der Waals surface area contributed by atoms with Crippen molar-refractivity contribution >= 4 is 0 Å². The number of nitrogens with zero attached hydrogens (tertiary/aromatic N) is 2.